The lowest BCUT2D eigenvalue weighted by molar-refractivity contribution is 0.340. The smallest absolute Gasteiger partial charge is 0.124 e. The highest BCUT2D eigenvalue weighted by atomic mass is 16.5. The Morgan fingerprint density at radius 1 is 1.18 bits per heavy atom. The van der Waals surface area contributed by atoms with Gasteiger partial charge in [-0.15, -0.1) is 0 Å². The van der Waals surface area contributed by atoms with E-state index in [1.54, 1.807) is 0 Å². The Morgan fingerprint density at radius 3 is 2.64 bits per heavy atom. The van der Waals surface area contributed by atoms with E-state index >= 15 is 0 Å². The standard InChI is InChI=1S/C18H21N3O/c1-3-22-15-9-10-17-16(11-15)20-18(12-19)21(17)13(2)14-7-5-4-6-8-14/h4-11,13H,3,12,19H2,1-2H3. The zero-order valence-electron chi connectivity index (χ0n) is 13.0. The van der Waals surface area contributed by atoms with E-state index in [1.165, 1.54) is 5.56 Å². The van der Waals surface area contributed by atoms with Gasteiger partial charge in [0, 0.05) is 6.07 Å². The molecular weight excluding hydrogens is 274 g/mol. The van der Waals surface area contributed by atoms with Gasteiger partial charge in [0.1, 0.15) is 11.6 Å². The topological polar surface area (TPSA) is 53.1 Å². The average Bonchev–Trinajstić information content (AvgIpc) is 2.93. The monoisotopic (exact) mass is 295 g/mol. The van der Waals surface area contributed by atoms with Crippen molar-refractivity contribution in [3.05, 3.63) is 59.9 Å². The molecule has 22 heavy (non-hydrogen) atoms. The number of rotatable bonds is 5. The molecule has 3 aromatic rings. The molecule has 1 atom stereocenters. The lowest BCUT2D eigenvalue weighted by Crippen LogP contribution is -2.13. The maximum atomic E-state index is 5.91. The zero-order chi connectivity index (χ0) is 15.5. The van der Waals surface area contributed by atoms with Crippen LogP contribution in [0.25, 0.3) is 11.0 Å². The fraction of sp³-hybridized carbons (Fsp3) is 0.278. The lowest BCUT2D eigenvalue weighted by Gasteiger charge is -2.17. The van der Waals surface area contributed by atoms with Crippen LogP contribution in [0.5, 0.6) is 5.75 Å². The van der Waals surface area contributed by atoms with Crippen molar-refractivity contribution in [3.8, 4) is 5.75 Å². The van der Waals surface area contributed by atoms with Crippen LogP contribution in [0.3, 0.4) is 0 Å². The predicted octanol–water partition coefficient (Wildman–Crippen LogP) is 3.50. The number of imidazole rings is 1. The third-order valence-corrected chi connectivity index (χ3v) is 3.90. The molecular formula is C18H21N3O. The van der Waals surface area contributed by atoms with E-state index in [0.717, 1.165) is 22.6 Å². The van der Waals surface area contributed by atoms with Crippen LogP contribution in [0, 0.1) is 0 Å². The summed E-state index contributed by atoms with van der Waals surface area (Å²) in [5, 5.41) is 0. The van der Waals surface area contributed by atoms with Crippen molar-refractivity contribution in [1.82, 2.24) is 9.55 Å². The van der Waals surface area contributed by atoms with E-state index in [2.05, 4.69) is 46.8 Å². The van der Waals surface area contributed by atoms with Gasteiger partial charge in [-0.1, -0.05) is 30.3 Å². The van der Waals surface area contributed by atoms with Crippen LogP contribution in [-0.2, 0) is 6.54 Å². The second-order valence-corrected chi connectivity index (χ2v) is 5.27. The molecule has 114 valence electrons. The Kier molecular flexibility index (Phi) is 4.11. The molecule has 1 heterocycles. The van der Waals surface area contributed by atoms with Gasteiger partial charge in [0.05, 0.1) is 30.2 Å². The van der Waals surface area contributed by atoms with Gasteiger partial charge < -0.3 is 15.0 Å². The number of hydrogen-bond acceptors (Lipinski definition) is 3. The van der Waals surface area contributed by atoms with Gasteiger partial charge in [0.25, 0.3) is 0 Å². The summed E-state index contributed by atoms with van der Waals surface area (Å²) in [5.74, 6) is 1.73. The van der Waals surface area contributed by atoms with Gasteiger partial charge in [-0.3, -0.25) is 0 Å². The fourth-order valence-corrected chi connectivity index (χ4v) is 2.84. The molecule has 1 aromatic heterocycles. The van der Waals surface area contributed by atoms with Crippen LogP contribution in [0.2, 0.25) is 0 Å². The zero-order valence-corrected chi connectivity index (χ0v) is 13.0. The van der Waals surface area contributed by atoms with Crippen molar-refractivity contribution >= 4 is 11.0 Å². The first kappa shape index (κ1) is 14.6. The molecule has 0 radical (unpaired) electrons. The Morgan fingerprint density at radius 2 is 1.95 bits per heavy atom. The average molecular weight is 295 g/mol. The minimum Gasteiger partial charge on any atom is -0.494 e. The Hall–Kier alpha value is -2.33. The molecule has 4 heteroatoms. The molecule has 0 aliphatic rings. The van der Waals surface area contributed by atoms with Crippen LogP contribution in [0.15, 0.2) is 48.5 Å². The largest absolute Gasteiger partial charge is 0.494 e. The SMILES string of the molecule is CCOc1ccc2c(c1)nc(CN)n2C(C)c1ccccc1. The minimum absolute atomic E-state index is 0.183. The number of benzene rings is 2. The first-order chi connectivity index (χ1) is 10.7. The summed E-state index contributed by atoms with van der Waals surface area (Å²) in [6, 6.07) is 16.6. The van der Waals surface area contributed by atoms with Crippen LogP contribution in [0.4, 0.5) is 0 Å². The van der Waals surface area contributed by atoms with Crippen molar-refractivity contribution in [2.75, 3.05) is 6.61 Å². The van der Waals surface area contributed by atoms with Crippen molar-refractivity contribution in [2.24, 2.45) is 5.73 Å². The van der Waals surface area contributed by atoms with E-state index in [1.807, 2.05) is 25.1 Å². The predicted molar refractivity (Wildman–Crippen MR) is 89.0 cm³/mol. The van der Waals surface area contributed by atoms with Crippen molar-refractivity contribution in [2.45, 2.75) is 26.4 Å². The molecule has 0 saturated carbocycles. The number of ether oxygens (including phenoxy) is 1. The van der Waals surface area contributed by atoms with Gasteiger partial charge in [0.15, 0.2) is 0 Å². The fourth-order valence-electron chi connectivity index (χ4n) is 2.84. The number of nitrogens with two attached hydrogens (primary N) is 1. The summed E-state index contributed by atoms with van der Waals surface area (Å²) < 4.78 is 7.77. The number of hydrogen-bond donors (Lipinski definition) is 1. The second-order valence-electron chi connectivity index (χ2n) is 5.27. The molecule has 2 aromatic carbocycles. The lowest BCUT2D eigenvalue weighted by atomic mass is 10.1. The summed E-state index contributed by atoms with van der Waals surface area (Å²) in [4.78, 5) is 4.68. The Labute approximate surface area is 130 Å². The van der Waals surface area contributed by atoms with Crippen LogP contribution < -0.4 is 10.5 Å². The normalized spacial score (nSPS) is 12.5. The van der Waals surface area contributed by atoms with Crippen LogP contribution in [-0.4, -0.2) is 16.2 Å². The minimum atomic E-state index is 0.183. The first-order valence-electron chi connectivity index (χ1n) is 7.63. The number of nitrogens with zero attached hydrogens (tertiary/aromatic N) is 2. The molecule has 0 aliphatic carbocycles. The second kappa shape index (κ2) is 6.20. The highest BCUT2D eigenvalue weighted by Gasteiger charge is 2.16. The molecule has 4 nitrogen and oxygen atoms in total. The maximum Gasteiger partial charge on any atom is 0.124 e. The summed E-state index contributed by atoms with van der Waals surface area (Å²) in [6.45, 7) is 5.21. The summed E-state index contributed by atoms with van der Waals surface area (Å²) in [6.07, 6.45) is 0. The molecule has 0 fully saturated rings. The van der Waals surface area contributed by atoms with E-state index in [4.69, 9.17) is 10.5 Å². The molecule has 0 bridgehead atoms. The van der Waals surface area contributed by atoms with Gasteiger partial charge in [0.2, 0.25) is 0 Å². The van der Waals surface area contributed by atoms with Crippen molar-refractivity contribution in [3.63, 3.8) is 0 Å². The van der Waals surface area contributed by atoms with Gasteiger partial charge in [-0.2, -0.15) is 0 Å². The molecule has 0 aliphatic heterocycles. The van der Waals surface area contributed by atoms with E-state index in [0.29, 0.717) is 13.2 Å². The van der Waals surface area contributed by atoms with E-state index in [9.17, 15) is 0 Å². The number of fused-ring (bicyclic) bond motifs is 1. The highest BCUT2D eigenvalue weighted by Crippen LogP contribution is 2.28. The summed E-state index contributed by atoms with van der Waals surface area (Å²) in [5.41, 5.74) is 9.16. The Bertz CT molecular complexity index is 765. The van der Waals surface area contributed by atoms with Crippen molar-refractivity contribution < 1.29 is 4.74 Å². The van der Waals surface area contributed by atoms with Gasteiger partial charge in [-0.05, 0) is 31.5 Å². The third kappa shape index (κ3) is 2.57. The van der Waals surface area contributed by atoms with E-state index in [-0.39, 0.29) is 6.04 Å². The van der Waals surface area contributed by atoms with Crippen LogP contribution >= 0.6 is 0 Å². The van der Waals surface area contributed by atoms with Crippen LogP contribution in [0.1, 0.15) is 31.3 Å². The third-order valence-electron chi connectivity index (χ3n) is 3.90. The molecule has 0 spiro atoms. The number of aromatic nitrogens is 2. The molecule has 2 N–H and O–H groups in total. The molecule has 0 amide bonds. The van der Waals surface area contributed by atoms with Crippen molar-refractivity contribution in [1.29, 1.82) is 0 Å². The maximum absolute atomic E-state index is 5.91. The summed E-state index contributed by atoms with van der Waals surface area (Å²) in [7, 11) is 0. The molecule has 0 saturated heterocycles. The Balaban J connectivity index is 2.11. The molecule has 3 rings (SSSR count). The summed E-state index contributed by atoms with van der Waals surface area (Å²) >= 11 is 0. The van der Waals surface area contributed by atoms with Gasteiger partial charge in [-0.25, -0.2) is 4.98 Å². The van der Waals surface area contributed by atoms with E-state index < -0.39 is 0 Å². The molecule has 1 unspecified atom stereocenters. The highest BCUT2D eigenvalue weighted by molar-refractivity contribution is 5.78. The first-order valence-corrected chi connectivity index (χ1v) is 7.63. The van der Waals surface area contributed by atoms with Gasteiger partial charge >= 0.3 is 0 Å². The quantitative estimate of drug-likeness (QED) is 0.783.